The lowest BCUT2D eigenvalue weighted by molar-refractivity contribution is 0.337. The number of fused-ring (bicyclic) bond motifs is 1. The van der Waals surface area contributed by atoms with Gasteiger partial charge in [-0.1, -0.05) is 97.1 Å². The second-order valence-corrected chi connectivity index (χ2v) is 7.90. The molecule has 30 heavy (non-hydrogen) atoms. The zero-order chi connectivity index (χ0) is 20.6. The minimum Gasteiger partial charge on any atom is -0.154 e. The molecule has 5 rings (SSSR count). The average molecular weight is 390 g/mol. The van der Waals surface area contributed by atoms with E-state index in [9.17, 15) is 0 Å². The first kappa shape index (κ1) is 18.3. The van der Waals surface area contributed by atoms with E-state index in [1.807, 2.05) is 24.3 Å². The third kappa shape index (κ3) is 3.07. The Morgan fingerprint density at radius 1 is 0.633 bits per heavy atom. The summed E-state index contributed by atoms with van der Waals surface area (Å²) in [6.07, 6.45) is 0. The van der Waals surface area contributed by atoms with Gasteiger partial charge in [0, 0.05) is 5.56 Å². The maximum atomic E-state index is 4.79. The highest BCUT2D eigenvalue weighted by molar-refractivity contribution is 5.99. The molecule has 0 aliphatic rings. The van der Waals surface area contributed by atoms with Crippen LogP contribution in [0.4, 0.5) is 0 Å². The van der Waals surface area contributed by atoms with Crippen LogP contribution in [0.25, 0.3) is 33.3 Å². The third-order valence-corrected chi connectivity index (χ3v) is 5.64. The molecule has 0 N–H and O–H groups in total. The van der Waals surface area contributed by atoms with Gasteiger partial charge in [0.05, 0.1) is 0 Å². The molecule has 0 unspecified atom stereocenters. The van der Waals surface area contributed by atoms with Gasteiger partial charge in [-0.3, -0.25) is 0 Å². The fourth-order valence-electron chi connectivity index (χ4n) is 3.89. The molecule has 0 saturated carbocycles. The summed E-state index contributed by atoms with van der Waals surface area (Å²) in [5.74, 6) is 0.627. The highest BCUT2D eigenvalue weighted by atomic mass is 15.6. The minimum absolute atomic E-state index is 0.402. The Balaban J connectivity index is 1.62. The molecule has 4 heteroatoms. The van der Waals surface area contributed by atoms with Gasteiger partial charge in [0.1, 0.15) is 5.54 Å². The van der Waals surface area contributed by atoms with E-state index in [1.165, 1.54) is 16.3 Å². The van der Waals surface area contributed by atoms with E-state index in [2.05, 4.69) is 97.0 Å². The zero-order valence-electron chi connectivity index (χ0n) is 17.0. The zero-order valence-corrected chi connectivity index (χ0v) is 17.0. The van der Waals surface area contributed by atoms with Crippen molar-refractivity contribution in [3.05, 3.63) is 103 Å². The maximum absolute atomic E-state index is 4.79. The van der Waals surface area contributed by atoms with Crippen molar-refractivity contribution in [1.29, 1.82) is 0 Å². The SMILES string of the molecule is CC(C)(c1ccccc1)n1nnc(-c2ccccc2-c2cccc3ccccc23)n1. The molecule has 0 aliphatic heterocycles. The predicted molar refractivity (Wildman–Crippen MR) is 121 cm³/mol. The van der Waals surface area contributed by atoms with Crippen LogP contribution < -0.4 is 0 Å². The first-order valence-corrected chi connectivity index (χ1v) is 10.1. The standard InChI is InChI=1S/C26H22N4/c1-26(2,20-13-4-3-5-14-20)30-28-25(27-29-30)24-17-9-8-16-23(24)22-18-10-12-19-11-6-7-15-21(19)22/h3-18H,1-2H3. The van der Waals surface area contributed by atoms with Gasteiger partial charge in [-0.15, -0.1) is 10.2 Å². The van der Waals surface area contributed by atoms with Crippen molar-refractivity contribution in [2.75, 3.05) is 0 Å². The molecule has 1 aromatic heterocycles. The van der Waals surface area contributed by atoms with Crippen molar-refractivity contribution in [1.82, 2.24) is 20.2 Å². The number of hydrogen-bond acceptors (Lipinski definition) is 3. The molecule has 4 aromatic carbocycles. The van der Waals surface area contributed by atoms with E-state index < -0.39 is 5.54 Å². The molecule has 146 valence electrons. The lowest BCUT2D eigenvalue weighted by Gasteiger charge is -2.23. The lowest BCUT2D eigenvalue weighted by Crippen LogP contribution is -2.30. The molecule has 0 spiro atoms. The summed E-state index contributed by atoms with van der Waals surface area (Å²) in [4.78, 5) is 1.71. The lowest BCUT2D eigenvalue weighted by atomic mass is 9.94. The van der Waals surface area contributed by atoms with Crippen molar-refractivity contribution >= 4 is 10.8 Å². The van der Waals surface area contributed by atoms with Gasteiger partial charge < -0.3 is 0 Å². The topological polar surface area (TPSA) is 43.6 Å². The summed E-state index contributed by atoms with van der Waals surface area (Å²) in [5.41, 5.74) is 3.98. The van der Waals surface area contributed by atoms with Gasteiger partial charge in [0.2, 0.25) is 5.82 Å². The summed E-state index contributed by atoms with van der Waals surface area (Å²) >= 11 is 0. The van der Waals surface area contributed by atoms with Crippen LogP contribution in [0.3, 0.4) is 0 Å². The van der Waals surface area contributed by atoms with E-state index in [0.29, 0.717) is 5.82 Å². The van der Waals surface area contributed by atoms with E-state index in [1.54, 1.807) is 4.80 Å². The van der Waals surface area contributed by atoms with Crippen molar-refractivity contribution in [2.45, 2.75) is 19.4 Å². The van der Waals surface area contributed by atoms with Crippen LogP contribution in [0, 0.1) is 0 Å². The third-order valence-electron chi connectivity index (χ3n) is 5.64. The van der Waals surface area contributed by atoms with Gasteiger partial charge in [-0.25, -0.2) is 0 Å². The van der Waals surface area contributed by atoms with Crippen molar-refractivity contribution in [2.24, 2.45) is 0 Å². The van der Waals surface area contributed by atoms with Crippen molar-refractivity contribution < 1.29 is 0 Å². The second kappa shape index (κ2) is 7.23. The van der Waals surface area contributed by atoms with E-state index >= 15 is 0 Å². The Kier molecular flexibility index (Phi) is 4.40. The summed E-state index contributed by atoms with van der Waals surface area (Å²) in [5, 5.41) is 16.1. The Labute approximate surface area is 175 Å². The number of aromatic nitrogens is 4. The van der Waals surface area contributed by atoms with Gasteiger partial charge in [0.25, 0.3) is 0 Å². The Bertz CT molecular complexity index is 1310. The summed E-state index contributed by atoms with van der Waals surface area (Å²) in [7, 11) is 0. The van der Waals surface area contributed by atoms with Crippen LogP contribution >= 0.6 is 0 Å². The van der Waals surface area contributed by atoms with Gasteiger partial charge >= 0.3 is 0 Å². The van der Waals surface area contributed by atoms with Crippen molar-refractivity contribution in [3.63, 3.8) is 0 Å². The molecular formula is C26H22N4. The highest BCUT2D eigenvalue weighted by Crippen LogP contribution is 2.35. The largest absolute Gasteiger partial charge is 0.205 e. The fraction of sp³-hybridized carbons (Fsp3) is 0.115. The number of tetrazole rings is 1. The summed E-state index contributed by atoms with van der Waals surface area (Å²) < 4.78 is 0. The molecule has 0 radical (unpaired) electrons. The molecule has 0 atom stereocenters. The normalized spacial score (nSPS) is 11.7. The molecule has 0 aliphatic carbocycles. The van der Waals surface area contributed by atoms with E-state index in [0.717, 1.165) is 16.7 Å². The monoisotopic (exact) mass is 390 g/mol. The molecule has 0 saturated heterocycles. The van der Waals surface area contributed by atoms with Gasteiger partial charge in [0.15, 0.2) is 0 Å². The molecule has 5 aromatic rings. The van der Waals surface area contributed by atoms with Crippen LogP contribution in [0.5, 0.6) is 0 Å². The van der Waals surface area contributed by atoms with Gasteiger partial charge in [-0.05, 0) is 46.5 Å². The van der Waals surface area contributed by atoms with Gasteiger partial charge in [-0.2, -0.15) is 4.80 Å². The maximum Gasteiger partial charge on any atom is 0.205 e. The minimum atomic E-state index is -0.402. The van der Waals surface area contributed by atoms with E-state index in [-0.39, 0.29) is 0 Å². The molecule has 0 bridgehead atoms. The quantitative estimate of drug-likeness (QED) is 0.381. The smallest absolute Gasteiger partial charge is 0.154 e. The Hall–Kier alpha value is -3.79. The number of hydrogen-bond donors (Lipinski definition) is 0. The van der Waals surface area contributed by atoms with Crippen LogP contribution in [0.15, 0.2) is 97.1 Å². The first-order valence-electron chi connectivity index (χ1n) is 10.1. The van der Waals surface area contributed by atoms with Crippen LogP contribution in [0.2, 0.25) is 0 Å². The van der Waals surface area contributed by atoms with Crippen LogP contribution in [-0.2, 0) is 5.54 Å². The Morgan fingerprint density at radius 2 is 1.27 bits per heavy atom. The van der Waals surface area contributed by atoms with Crippen molar-refractivity contribution in [3.8, 4) is 22.5 Å². The summed E-state index contributed by atoms with van der Waals surface area (Å²) in [6, 6.07) is 33.3. The van der Waals surface area contributed by atoms with E-state index in [4.69, 9.17) is 5.10 Å². The molecule has 0 fully saturated rings. The highest BCUT2D eigenvalue weighted by Gasteiger charge is 2.26. The molecule has 1 heterocycles. The summed E-state index contributed by atoms with van der Waals surface area (Å²) in [6.45, 7) is 4.20. The first-order chi connectivity index (χ1) is 14.6. The molecule has 0 amide bonds. The second-order valence-electron chi connectivity index (χ2n) is 7.90. The van der Waals surface area contributed by atoms with Crippen LogP contribution in [-0.4, -0.2) is 20.2 Å². The number of benzene rings is 4. The number of rotatable bonds is 4. The van der Waals surface area contributed by atoms with Crippen LogP contribution in [0.1, 0.15) is 19.4 Å². The Morgan fingerprint density at radius 3 is 2.10 bits per heavy atom. The fourth-order valence-corrected chi connectivity index (χ4v) is 3.89. The predicted octanol–water partition coefficient (Wildman–Crippen LogP) is 5.94. The number of nitrogens with zero attached hydrogens (tertiary/aromatic N) is 4. The molecule has 4 nitrogen and oxygen atoms in total. The average Bonchev–Trinajstić information content (AvgIpc) is 3.30. The molecular weight excluding hydrogens is 368 g/mol.